The lowest BCUT2D eigenvalue weighted by atomic mass is 10.2. The number of esters is 1. The quantitative estimate of drug-likeness (QED) is 0.333. The number of nitrogens with one attached hydrogen (secondary N) is 1. The first-order chi connectivity index (χ1) is 5.45. The van der Waals surface area contributed by atoms with Crippen molar-refractivity contribution in [3.05, 3.63) is 0 Å². The van der Waals surface area contributed by atoms with Crippen LogP contribution in [0.25, 0.3) is 0 Å². The minimum atomic E-state index is -0.453. The Kier molecular flexibility index (Phi) is 5.65. The molecule has 0 rings (SSSR count). The number of halogens is 1. The van der Waals surface area contributed by atoms with E-state index < -0.39 is 5.60 Å². The predicted molar refractivity (Wildman–Crippen MR) is 48.4 cm³/mol. The predicted octanol–water partition coefficient (Wildman–Crippen LogP) is 1.65. The molecule has 0 unspecified atom stereocenters. The summed E-state index contributed by atoms with van der Waals surface area (Å²) in [6, 6.07) is 0. The fourth-order valence-corrected chi connectivity index (χ4v) is 0.843. The van der Waals surface area contributed by atoms with Crippen molar-refractivity contribution in [2.75, 3.05) is 6.54 Å². The van der Waals surface area contributed by atoms with Crippen LogP contribution in [0.4, 0.5) is 0 Å². The number of carbonyl (C=O) groups is 1. The molecule has 0 aliphatic rings. The first kappa shape index (κ1) is 12.0. The minimum Gasteiger partial charge on any atom is -0.459 e. The topological polar surface area (TPSA) is 47.6 Å². The summed E-state index contributed by atoms with van der Waals surface area (Å²) in [5.41, 5.74) is -0.453. The molecule has 12 heavy (non-hydrogen) atoms. The smallest absolute Gasteiger partial charge is 0.321 e. The molecular formula is C6H12ClNO3S. The summed E-state index contributed by atoms with van der Waals surface area (Å²) in [6.45, 7) is 5.47. The van der Waals surface area contributed by atoms with E-state index in [1.165, 1.54) is 0 Å². The summed E-state index contributed by atoms with van der Waals surface area (Å²) in [5, 5.41) is 0. The number of hydrogen-bond acceptors (Lipinski definition) is 5. The summed E-state index contributed by atoms with van der Waals surface area (Å²) in [4.78, 5) is 10.9. The second-order valence-electron chi connectivity index (χ2n) is 3.05. The van der Waals surface area contributed by atoms with Crippen molar-refractivity contribution in [3.63, 3.8) is 0 Å². The fraction of sp³-hybridized carbons (Fsp3) is 0.833. The Morgan fingerprint density at radius 3 is 2.58 bits per heavy atom. The van der Waals surface area contributed by atoms with Crippen LogP contribution in [0.1, 0.15) is 20.8 Å². The molecule has 0 aromatic carbocycles. The fourth-order valence-electron chi connectivity index (χ4n) is 0.488. The first-order valence-electron chi connectivity index (χ1n) is 3.34. The molecule has 0 aliphatic heterocycles. The zero-order valence-electron chi connectivity index (χ0n) is 7.22. The second-order valence-corrected chi connectivity index (χ2v) is 4.01. The van der Waals surface area contributed by atoms with Crippen LogP contribution in [0.5, 0.6) is 0 Å². The SMILES string of the molecule is CC(C)(C)OC(=O)CNSOCl. The molecule has 72 valence electrons. The number of rotatable bonds is 4. The van der Waals surface area contributed by atoms with E-state index in [0.717, 1.165) is 12.2 Å². The molecular weight excluding hydrogens is 202 g/mol. The van der Waals surface area contributed by atoms with E-state index >= 15 is 0 Å². The zero-order valence-corrected chi connectivity index (χ0v) is 8.79. The van der Waals surface area contributed by atoms with Gasteiger partial charge < -0.3 is 4.74 Å². The van der Waals surface area contributed by atoms with Crippen molar-refractivity contribution in [2.24, 2.45) is 0 Å². The summed E-state index contributed by atoms with van der Waals surface area (Å²) >= 11 is 5.64. The van der Waals surface area contributed by atoms with Crippen LogP contribution in [0, 0.1) is 0 Å². The molecule has 0 bridgehead atoms. The Balaban J connectivity index is 3.47. The summed E-state index contributed by atoms with van der Waals surface area (Å²) in [6.07, 6.45) is 0. The molecule has 0 radical (unpaired) electrons. The van der Waals surface area contributed by atoms with Gasteiger partial charge in [-0.05, 0) is 20.8 Å². The average Bonchev–Trinajstić information content (AvgIpc) is 1.84. The molecule has 0 heterocycles. The first-order valence-corrected chi connectivity index (χ1v) is 4.39. The second kappa shape index (κ2) is 5.64. The lowest BCUT2D eigenvalue weighted by Crippen LogP contribution is -2.29. The molecule has 0 aliphatic carbocycles. The van der Waals surface area contributed by atoms with Crippen LogP contribution in [-0.4, -0.2) is 18.1 Å². The van der Waals surface area contributed by atoms with Gasteiger partial charge in [-0.1, -0.05) is 0 Å². The van der Waals surface area contributed by atoms with Crippen LogP contribution in [0.15, 0.2) is 0 Å². The monoisotopic (exact) mass is 213 g/mol. The highest BCUT2D eigenvalue weighted by atomic mass is 35.5. The molecule has 4 nitrogen and oxygen atoms in total. The highest BCUT2D eigenvalue weighted by Crippen LogP contribution is 2.06. The van der Waals surface area contributed by atoms with Crippen LogP contribution in [-0.2, 0) is 13.3 Å². The van der Waals surface area contributed by atoms with Gasteiger partial charge in [-0.25, -0.2) is 4.72 Å². The Labute approximate surface area is 81.4 Å². The normalized spacial score (nSPS) is 11.3. The van der Waals surface area contributed by atoms with Crippen molar-refractivity contribution in [1.29, 1.82) is 0 Å². The van der Waals surface area contributed by atoms with Crippen LogP contribution >= 0.6 is 24.1 Å². The lowest BCUT2D eigenvalue weighted by Gasteiger charge is -2.19. The van der Waals surface area contributed by atoms with E-state index in [-0.39, 0.29) is 12.5 Å². The van der Waals surface area contributed by atoms with Crippen molar-refractivity contribution in [1.82, 2.24) is 4.72 Å². The van der Waals surface area contributed by atoms with Crippen molar-refractivity contribution in [2.45, 2.75) is 26.4 Å². The molecule has 0 aromatic rings. The number of carbonyl (C=O) groups excluding carboxylic acids is 1. The van der Waals surface area contributed by atoms with Gasteiger partial charge in [0, 0.05) is 0 Å². The van der Waals surface area contributed by atoms with Gasteiger partial charge in [0.15, 0.2) is 0 Å². The summed E-state index contributed by atoms with van der Waals surface area (Å²) in [7, 11) is 0. The Hall–Kier alpha value is 0.0300. The molecule has 6 heteroatoms. The van der Waals surface area contributed by atoms with Gasteiger partial charge in [0.2, 0.25) is 0 Å². The maximum absolute atomic E-state index is 10.9. The third kappa shape index (κ3) is 8.13. The Morgan fingerprint density at radius 2 is 2.17 bits per heavy atom. The van der Waals surface area contributed by atoms with Gasteiger partial charge in [-0.2, -0.15) is 3.74 Å². The molecule has 0 aromatic heterocycles. The minimum absolute atomic E-state index is 0.0641. The maximum Gasteiger partial charge on any atom is 0.321 e. The number of hydrogen-bond donors (Lipinski definition) is 1. The van der Waals surface area contributed by atoms with Crippen LogP contribution in [0.2, 0.25) is 0 Å². The van der Waals surface area contributed by atoms with Gasteiger partial charge in [0.1, 0.15) is 24.4 Å². The Morgan fingerprint density at radius 1 is 1.58 bits per heavy atom. The third-order valence-electron chi connectivity index (χ3n) is 0.727. The molecule has 0 saturated heterocycles. The Bertz CT molecular complexity index is 148. The van der Waals surface area contributed by atoms with Crippen molar-refractivity contribution >= 4 is 30.1 Å². The summed E-state index contributed by atoms with van der Waals surface area (Å²) in [5.74, 6) is -0.344. The zero-order chi connectivity index (χ0) is 9.61. The molecule has 1 N–H and O–H groups in total. The lowest BCUT2D eigenvalue weighted by molar-refractivity contribution is -0.153. The van der Waals surface area contributed by atoms with E-state index in [1.54, 1.807) is 20.8 Å². The summed E-state index contributed by atoms with van der Waals surface area (Å²) < 4.78 is 11.6. The molecule has 0 fully saturated rings. The largest absolute Gasteiger partial charge is 0.459 e. The van der Waals surface area contributed by atoms with Crippen LogP contribution in [0.3, 0.4) is 0 Å². The van der Waals surface area contributed by atoms with Gasteiger partial charge in [-0.15, -0.1) is 0 Å². The van der Waals surface area contributed by atoms with Gasteiger partial charge >= 0.3 is 5.97 Å². The van der Waals surface area contributed by atoms with Crippen molar-refractivity contribution in [3.8, 4) is 0 Å². The van der Waals surface area contributed by atoms with E-state index in [9.17, 15) is 4.79 Å². The standard InChI is InChI=1S/C6H12ClNO3S/c1-6(2,3)10-5(9)4-8-12-11-7/h8H,4H2,1-3H3. The molecule has 0 spiro atoms. The van der Waals surface area contributed by atoms with E-state index in [2.05, 4.69) is 8.46 Å². The van der Waals surface area contributed by atoms with E-state index in [4.69, 9.17) is 16.6 Å². The van der Waals surface area contributed by atoms with Gasteiger partial charge in [-0.3, -0.25) is 4.79 Å². The molecule has 0 amide bonds. The third-order valence-corrected chi connectivity index (χ3v) is 1.24. The van der Waals surface area contributed by atoms with Gasteiger partial charge in [0.25, 0.3) is 0 Å². The average molecular weight is 214 g/mol. The van der Waals surface area contributed by atoms with Crippen LogP contribution < -0.4 is 4.72 Å². The van der Waals surface area contributed by atoms with Crippen molar-refractivity contribution < 1.29 is 13.3 Å². The van der Waals surface area contributed by atoms with Gasteiger partial charge in [0.05, 0.1) is 11.9 Å². The maximum atomic E-state index is 10.9. The number of ether oxygens (including phenoxy) is 1. The van der Waals surface area contributed by atoms with E-state index in [0.29, 0.717) is 0 Å². The highest BCUT2D eigenvalue weighted by Gasteiger charge is 2.15. The molecule has 0 atom stereocenters. The molecule has 0 saturated carbocycles. The highest BCUT2D eigenvalue weighted by molar-refractivity contribution is 7.93. The van der Waals surface area contributed by atoms with E-state index in [1.807, 2.05) is 0 Å².